The van der Waals surface area contributed by atoms with Crippen molar-refractivity contribution >= 4 is 13.7 Å². The fourth-order valence-corrected chi connectivity index (χ4v) is 3.09. The Morgan fingerprint density at radius 2 is 1.88 bits per heavy atom. The summed E-state index contributed by atoms with van der Waals surface area (Å²) < 4.78 is 11.5. The minimum Gasteiger partial charge on any atom is -0.394 e. The van der Waals surface area contributed by atoms with Crippen molar-refractivity contribution in [2.24, 2.45) is 0 Å². The predicted octanol–water partition coefficient (Wildman–Crippen LogP) is 2.59. The fourth-order valence-electron chi connectivity index (χ4n) is 1.37. The Labute approximate surface area is 99.2 Å². The van der Waals surface area contributed by atoms with Crippen LogP contribution >= 0.6 is 0 Å². The molecular formula is C13H20O2Si. The first-order valence-electron chi connectivity index (χ1n) is 5.46. The van der Waals surface area contributed by atoms with Crippen molar-refractivity contribution in [3.05, 3.63) is 42.0 Å². The molecule has 0 fully saturated rings. The van der Waals surface area contributed by atoms with Crippen molar-refractivity contribution in [2.75, 3.05) is 13.7 Å². The highest BCUT2D eigenvalue weighted by atomic mass is 28.4. The first-order valence-corrected chi connectivity index (χ1v) is 7.78. The molecule has 0 saturated carbocycles. The summed E-state index contributed by atoms with van der Waals surface area (Å²) in [6.45, 7) is 6.82. The first kappa shape index (κ1) is 13.2. The monoisotopic (exact) mass is 236 g/mol. The molecule has 0 radical (unpaired) electrons. The van der Waals surface area contributed by atoms with Gasteiger partial charge in [0.2, 0.25) is 0 Å². The molecule has 1 aromatic carbocycles. The van der Waals surface area contributed by atoms with Crippen LogP contribution in [0.15, 0.2) is 42.0 Å². The van der Waals surface area contributed by atoms with E-state index in [-0.39, 0.29) is 0 Å². The molecule has 0 aliphatic rings. The van der Waals surface area contributed by atoms with E-state index in [0.29, 0.717) is 6.61 Å². The Kier molecular flexibility index (Phi) is 4.93. The third kappa shape index (κ3) is 3.59. The van der Waals surface area contributed by atoms with Gasteiger partial charge in [-0.1, -0.05) is 42.0 Å². The van der Waals surface area contributed by atoms with E-state index < -0.39 is 8.56 Å². The summed E-state index contributed by atoms with van der Waals surface area (Å²) in [4.78, 5) is 0. The smallest absolute Gasteiger partial charge is 0.369 e. The molecule has 1 rings (SSSR count). The molecule has 0 amide bonds. The number of hydrogen-bond acceptors (Lipinski definition) is 2. The molecule has 1 aromatic rings. The third-order valence-corrected chi connectivity index (χ3v) is 5.42. The molecule has 0 N–H and O–H groups in total. The standard InChI is InChI=1S/C13H20O2Si/c1-12(2)10-11-15-16(4,14-3)13-8-6-5-7-9-13/h5-10H,11H2,1-4H3. The molecule has 16 heavy (non-hydrogen) atoms. The maximum Gasteiger partial charge on any atom is 0.369 e. The Morgan fingerprint density at radius 1 is 1.25 bits per heavy atom. The van der Waals surface area contributed by atoms with Crippen LogP contribution in [0.2, 0.25) is 6.55 Å². The van der Waals surface area contributed by atoms with Crippen LogP contribution in [0.4, 0.5) is 0 Å². The summed E-state index contributed by atoms with van der Waals surface area (Å²) in [5.74, 6) is 0. The van der Waals surface area contributed by atoms with Crippen LogP contribution in [0.5, 0.6) is 0 Å². The lowest BCUT2D eigenvalue weighted by molar-refractivity contribution is 0.240. The minimum absolute atomic E-state index is 0.619. The second-order valence-electron chi connectivity index (χ2n) is 4.11. The van der Waals surface area contributed by atoms with Crippen molar-refractivity contribution in [1.29, 1.82) is 0 Å². The Hall–Kier alpha value is -0.903. The lowest BCUT2D eigenvalue weighted by Crippen LogP contribution is -2.50. The van der Waals surface area contributed by atoms with Crippen molar-refractivity contribution in [3.63, 3.8) is 0 Å². The van der Waals surface area contributed by atoms with Crippen LogP contribution in [0.25, 0.3) is 0 Å². The topological polar surface area (TPSA) is 18.5 Å². The van der Waals surface area contributed by atoms with Gasteiger partial charge in [0, 0.05) is 7.11 Å². The van der Waals surface area contributed by atoms with E-state index in [1.54, 1.807) is 7.11 Å². The van der Waals surface area contributed by atoms with Gasteiger partial charge in [0.1, 0.15) is 0 Å². The maximum atomic E-state index is 5.92. The first-order chi connectivity index (χ1) is 7.58. The lowest BCUT2D eigenvalue weighted by Gasteiger charge is -2.24. The van der Waals surface area contributed by atoms with E-state index >= 15 is 0 Å². The number of rotatable bonds is 5. The van der Waals surface area contributed by atoms with Gasteiger partial charge >= 0.3 is 8.56 Å². The van der Waals surface area contributed by atoms with E-state index in [1.807, 2.05) is 18.2 Å². The zero-order chi connectivity index (χ0) is 12.0. The summed E-state index contributed by atoms with van der Waals surface area (Å²) in [7, 11) is -0.487. The van der Waals surface area contributed by atoms with E-state index in [0.717, 1.165) is 0 Å². The number of hydrogen-bond donors (Lipinski definition) is 0. The lowest BCUT2D eigenvalue weighted by atomic mass is 10.3. The van der Waals surface area contributed by atoms with E-state index in [4.69, 9.17) is 8.85 Å². The highest BCUT2D eigenvalue weighted by Crippen LogP contribution is 2.07. The summed E-state index contributed by atoms with van der Waals surface area (Å²) >= 11 is 0. The van der Waals surface area contributed by atoms with Crippen molar-refractivity contribution in [1.82, 2.24) is 0 Å². The zero-order valence-electron chi connectivity index (χ0n) is 10.5. The molecule has 0 spiro atoms. The molecule has 88 valence electrons. The van der Waals surface area contributed by atoms with Crippen LogP contribution in [0, 0.1) is 0 Å². The summed E-state index contributed by atoms with van der Waals surface area (Å²) in [5.41, 5.74) is 1.26. The van der Waals surface area contributed by atoms with Gasteiger partial charge in [-0.05, 0) is 25.6 Å². The summed E-state index contributed by atoms with van der Waals surface area (Å²) in [6.07, 6.45) is 2.08. The molecule has 0 bridgehead atoms. The number of benzene rings is 1. The molecule has 1 atom stereocenters. The zero-order valence-corrected chi connectivity index (χ0v) is 11.5. The maximum absolute atomic E-state index is 5.92. The predicted molar refractivity (Wildman–Crippen MR) is 70.1 cm³/mol. The minimum atomic E-state index is -2.21. The van der Waals surface area contributed by atoms with E-state index in [2.05, 4.69) is 38.6 Å². The molecule has 0 aliphatic carbocycles. The highest BCUT2D eigenvalue weighted by molar-refractivity contribution is 6.79. The van der Waals surface area contributed by atoms with Crippen LogP contribution in [-0.4, -0.2) is 22.3 Å². The van der Waals surface area contributed by atoms with Crippen LogP contribution in [0.3, 0.4) is 0 Å². The molecule has 0 aromatic heterocycles. The Morgan fingerprint density at radius 3 is 2.38 bits per heavy atom. The summed E-state index contributed by atoms with van der Waals surface area (Å²) in [5, 5.41) is 1.17. The normalized spacial score (nSPS) is 14.2. The van der Waals surface area contributed by atoms with Crippen molar-refractivity contribution in [3.8, 4) is 0 Å². The largest absolute Gasteiger partial charge is 0.394 e. The van der Waals surface area contributed by atoms with Crippen molar-refractivity contribution in [2.45, 2.75) is 20.4 Å². The molecule has 0 aliphatic heterocycles. The second-order valence-corrected chi connectivity index (χ2v) is 7.27. The molecular weight excluding hydrogens is 216 g/mol. The van der Waals surface area contributed by atoms with Crippen LogP contribution < -0.4 is 5.19 Å². The van der Waals surface area contributed by atoms with Gasteiger partial charge in [0.05, 0.1) is 6.61 Å². The molecule has 2 nitrogen and oxygen atoms in total. The van der Waals surface area contributed by atoms with Gasteiger partial charge in [0.15, 0.2) is 0 Å². The molecule has 0 saturated heterocycles. The Balaban J connectivity index is 2.74. The van der Waals surface area contributed by atoms with Gasteiger partial charge in [-0.25, -0.2) is 0 Å². The summed E-state index contributed by atoms with van der Waals surface area (Å²) in [6, 6.07) is 10.2. The van der Waals surface area contributed by atoms with Gasteiger partial charge in [0.25, 0.3) is 0 Å². The van der Waals surface area contributed by atoms with Crippen LogP contribution in [0.1, 0.15) is 13.8 Å². The van der Waals surface area contributed by atoms with Gasteiger partial charge in [-0.3, -0.25) is 0 Å². The Bertz CT molecular complexity index is 344. The highest BCUT2D eigenvalue weighted by Gasteiger charge is 2.32. The number of allylic oxidation sites excluding steroid dienone is 1. The quantitative estimate of drug-likeness (QED) is 0.578. The SMILES string of the molecule is CO[Si](C)(OCC=C(C)C)c1ccccc1. The second kappa shape index (κ2) is 5.99. The van der Waals surface area contributed by atoms with Crippen molar-refractivity contribution < 1.29 is 8.85 Å². The van der Waals surface area contributed by atoms with E-state index in [9.17, 15) is 0 Å². The average Bonchev–Trinajstić information content (AvgIpc) is 2.29. The van der Waals surface area contributed by atoms with E-state index in [1.165, 1.54) is 10.8 Å². The third-order valence-electron chi connectivity index (χ3n) is 2.54. The molecule has 0 heterocycles. The average molecular weight is 236 g/mol. The van der Waals surface area contributed by atoms with Gasteiger partial charge in [-0.15, -0.1) is 0 Å². The molecule has 3 heteroatoms. The van der Waals surface area contributed by atoms with Gasteiger partial charge in [-0.2, -0.15) is 0 Å². The fraction of sp³-hybridized carbons (Fsp3) is 0.385. The molecule has 1 unspecified atom stereocenters. The van der Waals surface area contributed by atoms with Crippen LogP contribution in [-0.2, 0) is 8.85 Å². The van der Waals surface area contributed by atoms with Gasteiger partial charge < -0.3 is 8.85 Å².